The minimum absolute atomic E-state index is 0.247. The van der Waals surface area contributed by atoms with E-state index < -0.39 is 14.8 Å². The Morgan fingerprint density at radius 1 is 1.58 bits per heavy atom. The standard InChI is InChI=1S/C13H17N3O2S/c1-3-11-7-10(2)8-15-12(11)16-9-13(5-4-6-13)19(14,17)18/h1,7-8H,4-6,9H2,2H3,(H,15,16)(H2,14,17,18). The molecule has 19 heavy (non-hydrogen) atoms. The van der Waals surface area contributed by atoms with Gasteiger partial charge in [0.15, 0.2) is 0 Å². The highest BCUT2D eigenvalue weighted by Crippen LogP contribution is 2.38. The SMILES string of the molecule is C#Cc1cc(C)cnc1NCC1(S(N)(=O)=O)CCC1. The molecule has 1 aromatic heterocycles. The summed E-state index contributed by atoms with van der Waals surface area (Å²) in [6.07, 6.45) is 9.14. The first-order chi connectivity index (χ1) is 8.88. The number of nitrogens with zero attached hydrogens (tertiary/aromatic N) is 1. The molecule has 6 heteroatoms. The molecule has 0 atom stereocenters. The van der Waals surface area contributed by atoms with Crippen LogP contribution in [0.5, 0.6) is 0 Å². The summed E-state index contributed by atoms with van der Waals surface area (Å²) in [7, 11) is -3.57. The van der Waals surface area contributed by atoms with Crippen LogP contribution in [0.3, 0.4) is 0 Å². The molecular weight excluding hydrogens is 262 g/mol. The fourth-order valence-corrected chi connectivity index (χ4v) is 3.33. The second kappa shape index (κ2) is 4.83. The van der Waals surface area contributed by atoms with Crippen LogP contribution in [-0.2, 0) is 10.0 Å². The fraction of sp³-hybridized carbons (Fsp3) is 0.462. The predicted octanol–water partition coefficient (Wildman–Crippen LogP) is 0.994. The summed E-state index contributed by atoms with van der Waals surface area (Å²) in [5.74, 6) is 3.07. The molecule has 1 heterocycles. The number of hydrogen-bond acceptors (Lipinski definition) is 4. The van der Waals surface area contributed by atoms with E-state index in [-0.39, 0.29) is 6.54 Å². The van der Waals surface area contributed by atoms with E-state index in [1.807, 2.05) is 13.0 Å². The number of sulfonamides is 1. The average Bonchev–Trinajstić information content (AvgIpc) is 2.27. The highest BCUT2D eigenvalue weighted by atomic mass is 32.2. The molecule has 0 radical (unpaired) electrons. The summed E-state index contributed by atoms with van der Waals surface area (Å²) in [4.78, 5) is 4.20. The van der Waals surface area contributed by atoms with Gasteiger partial charge in [-0.1, -0.05) is 12.3 Å². The first kappa shape index (κ1) is 13.8. The number of nitrogens with one attached hydrogen (secondary N) is 1. The smallest absolute Gasteiger partial charge is 0.216 e. The molecule has 0 amide bonds. The lowest BCUT2D eigenvalue weighted by molar-refractivity contribution is 0.351. The normalized spacial score (nSPS) is 17.3. The van der Waals surface area contributed by atoms with Crippen LogP contribution in [0, 0.1) is 19.3 Å². The summed E-state index contributed by atoms with van der Waals surface area (Å²) in [5.41, 5.74) is 1.59. The third-order valence-electron chi connectivity index (χ3n) is 3.63. The number of rotatable bonds is 4. The summed E-state index contributed by atoms with van der Waals surface area (Å²) >= 11 is 0. The zero-order valence-electron chi connectivity index (χ0n) is 10.8. The molecule has 102 valence electrons. The van der Waals surface area contributed by atoms with Gasteiger partial charge in [0, 0.05) is 12.7 Å². The van der Waals surface area contributed by atoms with E-state index in [9.17, 15) is 8.42 Å². The summed E-state index contributed by atoms with van der Waals surface area (Å²) in [6, 6.07) is 1.83. The molecule has 0 saturated heterocycles. The Kier molecular flexibility index (Phi) is 3.52. The van der Waals surface area contributed by atoms with Gasteiger partial charge in [0.05, 0.1) is 5.56 Å². The molecule has 0 aliphatic heterocycles. The molecule has 5 nitrogen and oxygen atoms in total. The lowest BCUT2D eigenvalue weighted by Gasteiger charge is -2.39. The van der Waals surface area contributed by atoms with E-state index in [0.29, 0.717) is 24.2 Å². The number of terminal acetylenes is 1. The van der Waals surface area contributed by atoms with Gasteiger partial charge in [-0.15, -0.1) is 6.42 Å². The van der Waals surface area contributed by atoms with E-state index in [1.165, 1.54) is 0 Å². The van der Waals surface area contributed by atoms with Crippen molar-refractivity contribution in [1.29, 1.82) is 0 Å². The van der Waals surface area contributed by atoms with Gasteiger partial charge in [-0.2, -0.15) is 0 Å². The Hall–Kier alpha value is -1.58. The maximum atomic E-state index is 11.6. The van der Waals surface area contributed by atoms with Crippen molar-refractivity contribution in [1.82, 2.24) is 4.98 Å². The summed E-state index contributed by atoms with van der Waals surface area (Å²) < 4.78 is 22.4. The molecule has 2 rings (SSSR count). The van der Waals surface area contributed by atoms with Crippen LogP contribution in [0.15, 0.2) is 12.3 Å². The maximum Gasteiger partial charge on any atom is 0.216 e. The van der Waals surface area contributed by atoms with Gasteiger partial charge in [0.2, 0.25) is 10.0 Å². The van der Waals surface area contributed by atoms with Crippen LogP contribution < -0.4 is 10.5 Å². The first-order valence-corrected chi connectivity index (χ1v) is 7.62. The second-order valence-electron chi connectivity index (χ2n) is 4.99. The molecule has 1 fully saturated rings. The van der Waals surface area contributed by atoms with Crippen molar-refractivity contribution in [2.75, 3.05) is 11.9 Å². The monoisotopic (exact) mass is 279 g/mol. The molecule has 0 aromatic carbocycles. The van der Waals surface area contributed by atoms with Crippen molar-refractivity contribution in [2.45, 2.75) is 30.9 Å². The molecule has 0 unspecified atom stereocenters. The molecule has 0 bridgehead atoms. The summed E-state index contributed by atoms with van der Waals surface area (Å²) in [6.45, 7) is 2.14. The molecule has 0 spiro atoms. The fourth-order valence-electron chi connectivity index (χ4n) is 2.20. The second-order valence-corrected chi connectivity index (χ2v) is 6.94. The third kappa shape index (κ3) is 2.57. The predicted molar refractivity (Wildman–Crippen MR) is 75.1 cm³/mol. The minimum atomic E-state index is -3.57. The molecule has 1 aromatic rings. The Morgan fingerprint density at radius 2 is 2.26 bits per heavy atom. The van der Waals surface area contributed by atoms with Crippen molar-refractivity contribution >= 4 is 15.8 Å². The van der Waals surface area contributed by atoms with Gasteiger partial charge >= 0.3 is 0 Å². The van der Waals surface area contributed by atoms with E-state index in [1.54, 1.807) is 6.20 Å². The van der Waals surface area contributed by atoms with Crippen LogP contribution in [0.25, 0.3) is 0 Å². The molecular formula is C13H17N3O2S. The van der Waals surface area contributed by atoms with Gasteiger partial charge < -0.3 is 5.32 Å². The van der Waals surface area contributed by atoms with Crippen LogP contribution >= 0.6 is 0 Å². The highest BCUT2D eigenvalue weighted by Gasteiger charge is 2.47. The highest BCUT2D eigenvalue weighted by molar-refractivity contribution is 7.90. The van der Waals surface area contributed by atoms with Crippen molar-refractivity contribution in [3.05, 3.63) is 23.4 Å². The van der Waals surface area contributed by atoms with Crippen molar-refractivity contribution in [3.63, 3.8) is 0 Å². The number of anilines is 1. The van der Waals surface area contributed by atoms with E-state index in [2.05, 4.69) is 16.2 Å². The maximum absolute atomic E-state index is 11.6. The average molecular weight is 279 g/mol. The third-order valence-corrected chi connectivity index (χ3v) is 5.39. The lowest BCUT2D eigenvalue weighted by Crippen LogP contribution is -2.53. The number of pyridine rings is 1. The van der Waals surface area contributed by atoms with Crippen molar-refractivity contribution in [2.24, 2.45) is 5.14 Å². The Morgan fingerprint density at radius 3 is 2.74 bits per heavy atom. The minimum Gasteiger partial charge on any atom is -0.367 e. The zero-order chi connectivity index (χ0) is 14.1. The topological polar surface area (TPSA) is 85.1 Å². The number of nitrogens with two attached hydrogens (primary N) is 1. The Bertz CT molecular complexity index is 628. The van der Waals surface area contributed by atoms with Gasteiger partial charge in [-0.3, -0.25) is 0 Å². The van der Waals surface area contributed by atoms with Gasteiger partial charge in [-0.05, 0) is 31.4 Å². The van der Waals surface area contributed by atoms with E-state index >= 15 is 0 Å². The molecule has 1 aliphatic carbocycles. The number of aryl methyl sites for hydroxylation is 1. The number of aromatic nitrogens is 1. The van der Waals surface area contributed by atoms with Gasteiger partial charge in [0.25, 0.3) is 0 Å². The van der Waals surface area contributed by atoms with E-state index in [4.69, 9.17) is 11.6 Å². The largest absolute Gasteiger partial charge is 0.367 e. The van der Waals surface area contributed by atoms with Crippen LogP contribution in [0.1, 0.15) is 30.4 Å². The van der Waals surface area contributed by atoms with Crippen LogP contribution in [0.4, 0.5) is 5.82 Å². The lowest BCUT2D eigenvalue weighted by atomic mass is 9.84. The molecule has 3 N–H and O–H groups in total. The van der Waals surface area contributed by atoms with Crippen LogP contribution in [-0.4, -0.2) is 24.7 Å². The van der Waals surface area contributed by atoms with Crippen molar-refractivity contribution in [3.8, 4) is 12.3 Å². The van der Waals surface area contributed by atoms with E-state index in [0.717, 1.165) is 12.0 Å². The van der Waals surface area contributed by atoms with Crippen LogP contribution in [0.2, 0.25) is 0 Å². The summed E-state index contributed by atoms with van der Waals surface area (Å²) in [5, 5.41) is 8.33. The Balaban J connectivity index is 2.18. The number of hydrogen-bond donors (Lipinski definition) is 2. The number of primary sulfonamides is 1. The quantitative estimate of drug-likeness (QED) is 0.805. The van der Waals surface area contributed by atoms with Gasteiger partial charge in [0.1, 0.15) is 10.6 Å². The van der Waals surface area contributed by atoms with Crippen molar-refractivity contribution < 1.29 is 8.42 Å². The molecule has 1 aliphatic rings. The Labute approximate surface area is 113 Å². The first-order valence-electron chi connectivity index (χ1n) is 6.07. The van der Waals surface area contributed by atoms with Gasteiger partial charge in [-0.25, -0.2) is 18.5 Å². The molecule has 1 saturated carbocycles. The zero-order valence-corrected chi connectivity index (χ0v) is 11.6.